The van der Waals surface area contributed by atoms with E-state index >= 15 is 0 Å². The highest BCUT2D eigenvalue weighted by atomic mass is 32.1. The first-order valence-electron chi connectivity index (χ1n) is 11.8. The lowest BCUT2D eigenvalue weighted by molar-refractivity contribution is 0.0881. The van der Waals surface area contributed by atoms with E-state index in [4.69, 9.17) is 14.5 Å². The van der Waals surface area contributed by atoms with E-state index in [1.165, 1.54) is 5.56 Å². The molecular weight excluding hydrogens is 432 g/mol. The summed E-state index contributed by atoms with van der Waals surface area (Å²) >= 11 is 1.57. The van der Waals surface area contributed by atoms with Crippen LogP contribution in [-0.4, -0.2) is 43.0 Å². The van der Waals surface area contributed by atoms with Gasteiger partial charge >= 0.3 is 0 Å². The minimum atomic E-state index is 0.0631. The molecule has 0 aliphatic carbocycles. The molecule has 4 rings (SSSR count). The summed E-state index contributed by atoms with van der Waals surface area (Å²) in [7, 11) is 3.39. The smallest absolute Gasteiger partial charge is 0.176 e. The molecule has 1 unspecified atom stereocenters. The lowest BCUT2D eigenvalue weighted by atomic mass is 9.90. The SMILES string of the molecule is COc1ccc(OC)c(CN2CCCCC(C(=O)c3sc4nc(C)cc(C)c4c3C)CC2)c1. The highest BCUT2D eigenvalue weighted by Crippen LogP contribution is 2.35. The normalized spacial score (nSPS) is 17.5. The molecule has 3 heterocycles. The number of hydrogen-bond acceptors (Lipinski definition) is 6. The second kappa shape index (κ2) is 10.2. The first-order chi connectivity index (χ1) is 15.9. The van der Waals surface area contributed by atoms with E-state index in [1.807, 2.05) is 19.1 Å². The van der Waals surface area contributed by atoms with Gasteiger partial charge in [0.25, 0.3) is 0 Å². The second-order valence-electron chi connectivity index (χ2n) is 9.12. The van der Waals surface area contributed by atoms with Crippen LogP contribution in [0.5, 0.6) is 11.5 Å². The Morgan fingerprint density at radius 2 is 1.91 bits per heavy atom. The number of hydrogen-bond donors (Lipinski definition) is 0. The number of ether oxygens (including phenoxy) is 2. The molecule has 1 aliphatic heterocycles. The summed E-state index contributed by atoms with van der Waals surface area (Å²) in [5.41, 5.74) is 4.44. The summed E-state index contributed by atoms with van der Waals surface area (Å²) in [6.45, 7) is 8.95. The van der Waals surface area contributed by atoms with Gasteiger partial charge < -0.3 is 9.47 Å². The van der Waals surface area contributed by atoms with Crippen LogP contribution in [0.25, 0.3) is 10.2 Å². The van der Waals surface area contributed by atoms with Crippen molar-refractivity contribution in [2.75, 3.05) is 27.3 Å². The van der Waals surface area contributed by atoms with Crippen molar-refractivity contribution in [3.05, 3.63) is 51.5 Å². The van der Waals surface area contributed by atoms with E-state index in [-0.39, 0.29) is 5.92 Å². The van der Waals surface area contributed by atoms with Crippen LogP contribution in [0.2, 0.25) is 0 Å². The van der Waals surface area contributed by atoms with Crippen LogP contribution in [0.4, 0.5) is 0 Å². The van der Waals surface area contributed by atoms with Gasteiger partial charge in [0, 0.05) is 29.1 Å². The quantitative estimate of drug-likeness (QED) is 0.410. The average molecular weight is 467 g/mol. The highest BCUT2D eigenvalue weighted by Gasteiger charge is 2.27. The molecule has 1 fully saturated rings. The van der Waals surface area contributed by atoms with E-state index in [2.05, 4.69) is 30.9 Å². The maximum absolute atomic E-state index is 13.6. The van der Waals surface area contributed by atoms with Crippen LogP contribution in [0.1, 0.15) is 57.7 Å². The number of Topliss-reactive ketones (excluding diaryl/α,β-unsaturated/α-hetero) is 1. The third-order valence-corrected chi connectivity index (χ3v) is 7.97. The lowest BCUT2D eigenvalue weighted by Crippen LogP contribution is -2.31. The number of fused-ring (bicyclic) bond motifs is 1. The maximum atomic E-state index is 13.6. The van der Waals surface area contributed by atoms with Crippen molar-refractivity contribution in [3.63, 3.8) is 0 Å². The Balaban J connectivity index is 1.51. The number of aryl methyl sites for hydroxylation is 3. The monoisotopic (exact) mass is 466 g/mol. The first-order valence-corrected chi connectivity index (χ1v) is 12.6. The number of nitrogens with zero attached hydrogens (tertiary/aromatic N) is 2. The number of benzene rings is 1. The van der Waals surface area contributed by atoms with Gasteiger partial charge in [-0.25, -0.2) is 4.98 Å². The Morgan fingerprint density at radius 1 is 1.09 bits per heavy atom. The molecule has 0 spiro atoms. The number of pyridine rings is 1. The summed E-state index contributed by atoms with van der Waals surface area (Å²) in [5.74, 6) is 2.08. The fraction of sp³-hybridized carbons (Fsp3) is 0.481. The molecule has 6 heteroatoms. The van der Waals surface area contributed by atoms with Crippen molar-refractivity contribution < 1.29 is 14.3 Å². The summed E-state index contributed by atoms with van der Waals surface area (Å²) in [6, 6.07) is 8.05. The molecule has 33 heavy (non-hydrogen) atoms. The van der Waals surface area contributed by atoms with Crippen LogP contribution >= 0.6 is 11.3 Å². The predicted octanol–water partition coefficient (Wildman–Crippen LogP) is 6.11. The number of likely N-dealkylation sites (tertiary alicyclic amines) is 1. The summed E-state index contributed by atoms with van der Waals surface area (Å²) < 4.78 is 11.0. The van der Waals surface area contributed by atoms with Crippen molar-refractivity contribution in [1.82, 2.24) is 9.88 Å². The molecular formula is C27H34N2O3S. The molecule has 3 aromatic rings. The zero-order valence-electron chi connectivity index (χ0n) is 20.4. The third kappa shape index (κ3) is 5.07. The van der Waals surface area contributed by atoms with Crippen LogP contribution in [0.15, 0.2) is 24.3 Å². The Labute approximate surface area is 200 Å². The number of carbonyl (C=O) groups is 1. The van der Waals surface area contributed by atoms with Crippen molar-refractivity contribution >= 4 is 27.3 Å². The number of rotatable bonds is 6. The Hall–Kier alpha value is -2.44. The Bertz CT molecular complexity index is 1150. The maximum Gasteiger partial charge on any atom is 0.176 e. The molecule has 0 amide bonds. The topological polar surface area (TPSA) is 51.7 Å². The molecule has 2 aromatic heterocycles. The van der Waals surface area contributed by atoms with Gasteiger partial charge in [-0.15, -0.1) is 11.3 Å². The van der Waals surface area contributed by atoms with Crippen LogP contribution < -0.4 is 9.47 Å². The fourth-order valence-electron chi connectivity index (χ4n) is 5.03. The molecule has 1 aromatic carbocycles. The van der Waals surface area contributed by atoms with Crippen LogP contribution in [0, 0.1) is 26.7 Å². The minimum Gasteiger partial charge on any atom is -0.497 e. The largest absolute Gasteiger partial charge is 0.497 e. The molecule has 1 saturated heterocycles. The van der Waals surface area contributed by atoms with Crippen molar-refractivity contribution in [1.29, 1.82) is 0 Å². The Kier molecular flexibility index (Phi) is 7.35. The van der Waals surface area contributed by atoms with Crippen molar-refractivity contribution in [3.8, 4) is 11.5 Å². The standard InChI is InChI=1S/C27H34N2O3S/c1-17-14-18(2)28-27-24(17)19(3)26(33-27)25(30)20-8-6-7-12-29(13-11-20)16-21-15-22(31-4)9-10-23(21)32-5/h9-10,14-15,20H,6-8,11-13,16H2,1-5H3. The van der Waals surface area contributed by atoms with Gasteiger partial charge in [0.1, 0.15) is 16.3 Å². The molecule has 1 atom stereocenters. The molecule has 5 nitrogen and oxygen atoms in total. The van der Waals surface area contributed by atoms with Gasteiger partial charge in [0.15, 0.2) is 5.78 Å². The molecule has 1 aliphatic rings. The van der Waals surface area contributed by atoms with Crippen molar-refractivity contribution in [2.45, 2.75) is 53.0 Å². The third-order valence-electron chi connectivity index (χ3n) is 6.77. The zero-order chi connectivity index (χ0) is 23.5. The molecule has 176 valence electrons. The van der Waals surface area contributed by atoms with Gasteiger partial charge in [0.2, 0.25) is 0 Å². The number of aromatic nitrogens is 1. The van der Waals surface area contributed by atoms with Crippen LogP contribution in [-0.2, 0) is 6.54 Å². The molecule has 0 radical (unpaired) electrons. The van der Waals surface area contributed by atoms with Crippen LogP contribution in [0.3, 0.4) is 0 Å². The van der Waals surface area contributed by atoms with Crippen molar-refractivity contribution in [2.24, 2.45) is 5.92 Å². The minimum absolute atomic E-state index is 0.0631. The van der Waals surface area contributed by atoms with E-state index in [0.717, 1.165) is 88.7 Å². The van der Waals surface area contributed by atoms with Gasteiger partial charge in [-0.2, -0.15) is 0 Å². The summed E-state index contributed by atoms with van der Waals surface area (Å²) in [4.78, 5) is 22.7. The molecule has 0 saturated carbocycles. The lowest BCUT2D eigenvalue weighted by Gasteiger charge is -2.28. The summed E-state index contributed by atoms with van der Waals surface area (Å²) in [6.07, 6.45) is 4.02. The Morgan fingerprint density at radius 3 is 2.67 bits per heavy atom. The van der Waals surface area contributed by atoms with Gasteiger partial charge in [-0.05, 0) is 88.5 Å². The van der Waals surface area contributed by atoms with E-state index in [1.54, 1.807) is 25.6 Å². The van der Waals surface area contributed by atoms with Gasteiger partial charge in [-0.3, -0.25) is 9.69 Å². The second-order valence-corrected chi connectivity index (χ2v) is 10.1. The number of methoxy groups -OCH3 is 2. The molecule has 0 N–H and O–H groups in total. The predicted molar refractivity (Wildman–Crippen MR) is 135 cm³/mol. The number of thiophene rings is 1. The highest BCUT2D eigenvalue weighted by molar-refractivity contribution is 7.20. The van der Waals surface area contributed by atoms with E-state index < -0.39 is 0 Å². The number of ketones is 1. The van der Waals surface area contributed by atoms with E-state index in [0.29, 0.717) is 5.78 Å². The fourth-order valence-corrected chi connectivity index (χ4v) is 6.35. The average Bonchev–Trinajstić information content (AvgIpc) is 3.11. The zero-order valence-corrected chi connectivity index (χ0v) is 21.2. The molecule has 0 bridgehead atoms. The van der Waals surface area contributed by atoms with Gasteiger partial charge in [-0.1, -0.05) is 6.42 Å². The van der Waals surface area contributed by atoms with E-state index in [9.17, 15) is 4.79 Å². The number of carbonyl (C=O) groups excluding carboxylic acids is 1. The first kappa shape index (κ1) is 23.7. The van der Waals surface area contributed by atoms with Gasteiger partial charge in [0.05, 0.1) is 19.1 Å². The summed E-state index contributed by atoms with van der Waals surface area (Å²) in [5, 5.41) is 1.16.